The number of amides is 5. The van der Waals surface area contributed by atoms with Gasteiger partial charge in [-0.05, 0) is 62.1 Å². The van der Waals surface area contributed by atoms with Crippen LogP contribution in [-0.2, 0) is 82.9 Å². The molecule has 2 aromatic carbocycles. The number of carbonyl (C=O) groups is 9. The molecule has 15 atom stereocenters. The van der Waals surface area contributed by atoms with E-state index in [9.17, 15) is 48.3 Å². The van der Waals surface area contributed by atoms with Crippen LogP contribution in [0.5, 0.6) is 11.5 Å². The summed E-state index contributed by atoms with van der Waals surface area (Å²) in [7, 11) is 7.07. The van der Waals surface area contributed by atoms with Crippen LogP contribution >= 0.6 is 0 Å². The molecule has 0 spiro atoms. The molecule has 0 bridgehead atoms. The predicted octanol–water partition coefficient (Wildman–Crippen LogP) is 5.56. The number of allylic oxidation sites excluding steroid dienone is 1. The molecule has 2 aromatic rings. The van der Waals surface area contributed by atoms with E-state index in [2.05, 4.69) is 10.6 Å². The van der Waals surface area contributed by atoms with Crippen LogP contribution in [-0.4, -0.2) is 188 Å². The van der Waals surface area contributed by atoms with Crippen LogP contribution in [0.25, 0.3) is 0 Å². The van der Waals surface area contributed by atoms with Crippen LogP contribution in [0.3, 0.4) is 0 Å². The number of ether oxygens (including phenoxy) is 10. The van der Waals surface area contributed by atoms with Crippen molar-refractivity contribution in [3.8, 4) is 11.5 Å². The van der Waals surface area contributed by atoms with Crippen LogP contribution in [0.15, 0.2) is 60.9 Å². The van der Waals surface area contributed by atoms with E-state index in [-0.39, 0.29) is 35.7 Å². The van der Waals surface area contributed by atoms with Gasteiger partial charge in [0, 0.05) is 67.3 Å². The smallest absolute Gasteiger partial charge is 0.410 e. The van der Waals surface area contributed by atoms with Crippen LogP contribution in [0.4, 0.5) is 4.79 Å². The molecule has 2 heterocycles. The lowest BCUT2D eigenvalue weighted by molar-refractivity contribution is -0.282. The van der Waals surface area contributed by atoms with Crippen molar-refractivity contribution in [1.29, 1.82) is 0 Å². The first kappa shape index (κ1) is 73.1. The first-order valence-electron chi connectivity index (χ1n) is 29.7. The second-order valence-electron chi connectivity index (χ2n) is 23.0. The topological polar surface area (TPSA) is 300 Å². The summed E-state index contributed by atoms with van der Waals surface area (Å²) < 4.78 is 56.9. The highest BCUT2D eigenvalue weighted by Gasteiger charge is 2.56. The number of nitrogens with zero attached hydrogens (tertiary/aromatic N) is 3. The molecule has 5 amide bonds. The van der Waals surface area contributed by atoms with Gasteiger partial charge in [0.1, 0.15) is 30.2 Å². The molecule has 25 heteroatoms. The normalized spacial score (nSPS) is 21.5. The van der Waals surface area contributed by atoms with Crippen LogP contribution in [0.1, 0.15) is 126 Å². The van der Waals surface area contributed by atoms with Gasteiger partial charge in [-0.25, -0.2) is 9.59 Å². The van der Waals surface area contributed by atoms with Crippen molar-refractivity contribution < 1.29 is 95.6 Å². The van der Waals surface area contributed by atoms with E-state index in [1.807, 2.05) is 32.0 Å². The fraction of sp³-hybridized carbons (Fsp3) is 0.635. The maximum atomic E-state index is 14.9. The summed E-state index contributed by atoms with van der Waals surface area (Å²) in [6, 6.07) is 9.37. The molecule has 2 aliphatic rings. The lowest BCUT2D eigenvalue weighted by Crippen LogP contribution is -2.64. The number of carbonyl (C=O) groups excluding carboxylic acids is 9. The summed E-state index contributed by atoms with van der Waals surface area (Å²) in [5.41, 5.74) is 0.968. The number of nitrogens with one attached hydrogen (secondary N) is 2. The fourth-order valence-electron chi connectivity index (χ4n) is 11.2. The van der Waals surface area contributed by atoms with Gasteiger partial charge in [-0.2, -0.15) is 0 Å². The Hall–Kier alpha value is -7.35. The molecule has 0 radical (unpaired) electrons. The van der Waals surface area contributed by atoms with Gasteiger partial charge in [-0.1, -0.05) is 91.3 Å². The third-order valence-corrected chi connectivity index (χ3v) is 15.9. The van der Waals surface area contributed by atoms with Gasteiger partial charge in [-0.3, -0.25) is 38.5 Å². The molecule has 0 saturated carbocycles. The predicted molar refractivity (Wildman–Crippen MR) is 318 cm³/mol. The van der Waals surface area contributed by atoms with Crippen molar-refractivity contribution in [3.63, 3.8) is 0 Å². The van der Waals surface area contributed by atoms with E-state index < -0.39 is 145 Å². The first-order valence-corrected chi connectivity index (χ1v) is 29.7. The second kappa shape index (κ2) is 34.4. The van der Waals surface area contributed by atoms with Gasteiger partial charge in [0.05, 0.1) is 62.1 Å². The second-order valence-corrected chi connectivity index (χ2v) is 23.0. The number of hydrogen-bond acceptors (Lipinski definition) is 20. The first-order chi connectivity index (χ1) is 41.6. The maximum absolute atomic E-state index is 14.9. The highest BCUT2D eigenvalue weighted by molar-refractivity contribution is 5.92. The number of methoxy groups -OCH3 is 3. The maximum Gasteiger partial charge on any atom is 0.410 e. The fourth-order valence-corrected chi connectivity index (χ4v) is 11.2. The number of aliphatic hydroxyl groups excluding tert-OH is 1. The van der Waals surface area contributed by atoms with E-state index in [1.54, 1.807) is 78.6 Å². The molecule has 490 valence electrons. The average Bonchev–Trinajstić information content (AvgIpc) is 2.53. The Morgan fingerprint density at radius 3 is 1.97 bits per heavy atom. The van der Waals surface area contributed by atoms with Gasteiger partial charge in [0.2, 0.25) is 36.0 Å². The highest BCUT2D eigenvalue weighted by atomic mass is 16.7. The number of aliphatic hydroxyl groups is 1. The van der Waals surface area contributed by atoms with E-state index >= 15 is 0 Å². The molecule has 3 N–H and O–H groups in total. The van der Waals surface area contributed by atoms with Crippen molar-refractivity contribution in [2.45, 2.75) is 195 Å². The number of esters is 4. The van der Waals surface area contributed by atoms with Gasteiger partial charge in [0.15, 0.2) is 18.3 Å². The average molecular weight is 1240 g/mol. The monoisotopic (exact) mass is 1240 g/mol. The van der Waals surface area contributed by atoms with E-state index in [1.165, 1.54) is 50.6 Å². The van der Waals surface area contributed by atoms with Crippen LogP contribution < -0.4 is 20.1 Å². The minimum absolute atomic E-state index is 0.00261. The largest absolute Gasteiger partial charge is 0.467 e. The molecule has 2 saturated heterocycles. The van der Waals surface area contributed by atoms with Crippen molar-refractivity contribution >= 4 is 53.6 Å². The molecule has 0 aromatic heterocycles. The van der Waals surface area contributed by atoms with E-state index in [4.69, 9.17) is 47.4 Å². The Morgan fingerprint density at radius 1 is 0.784 bits per heavy atom. The van der Waals surface area contributed by atoms with Crippen molar-refractivity contribution in [3.05, 3.63) is 72.0 Å². The molecular weight excluding hydrogens is 1150 g/mol. The zero-order valence-electron chi connectivity index (χ0n) is 53.9. The summed E-state index contributed by atoms with van der Waals surface area (Å²) >= 11 is 0. The number of rotatable bonds is 30. The summed E-state index contributed by atoms with van der Waals surface area (Å²) in [5, 5.41) is 16.8. The minimum atomic E-state index is -1.72. The van der Waals surface area contributed by atoms with E-state index in [0.717, 1.165) is 32.8 Å². The van der Waals surface area contributed by atoms with Crippen LogP contribution in [0.2, 0.25) is 0 Å². The van der Waals surface area contributed by atoms with Crippen molar-refractivity contribution in [1.82, 2.24) is 25.3 Å². The number of likely N-dealkylation sites (tertiary alicyclic amines) is 1. The molecule has 2 aliphatic heterocycles. The quantitative estimate of drug-likeness (QED) is 0.0490. The Kier molecular flexibility index (Phi) is 28.6. The van der Waals surface area contributed by atoms with Crippen molar-refractivity contribution in [2.24, 2.45) is 23.7 Å². The van der Waals surface area contributed by atoms with Gasteiger partial charge < -0.3 is 72.9 Å². The molecule has 25 nitrogen and oxygen atoms in total. The Labute approximate surface area is 516 Å². The molecule has 88 heavy (non-hydrogen) atoms. The van der Waals surface area contributed by atoms with Crippen LogP contribution in [0, 0.1) is 23.7 Å². The molecule has 2 fully saturated rings. The molecular formula is C63H93N5O20. The summed E-state index contributed by atoms with van der Waals surface area (Å²) in [4.78, 5) is 126. The third kappa shape index (κ3) is 19.3. The molecule has 11 unspecified atom stereocenters. The van der Waals surface area contributed by atoms with Gasteiger partial charge >= 0.3 is 30.0 Å². The summed E-state index contributed by atoms with van der Waals surface area (Å²) in [6.07, 6.45) is -6.89. The molecule has 4 rings (SSSR count). The SMILES string of the molecule is C/C=C/Oc1cc(OC2OC(C(=O)OC)[C@@H](OC(C)=O)C(OC(C)=O)[C@H]2OC(C)=O)ccc1COC(=O)N(C)C(C(=O)N[C@H](C(=O)N(C)C(C(C)CC)[C@@H](CC(=O)N1CCCC1C(OC)C(C)C(=O)NC(C)C(O)c1ccccc1)OC)C(C)C)C(C)C. The summed E-state index contributed by atoms with van der Waals surface area (Å²) in [5.74, 6) is -7.04. The third-order valence-electron chi connectivity index (χ3n) is 15.9. The lowest BCUT2D eigenvalue weighted by Gasteiger charge is -2.43. The van der Waals surface area contributed by atoms with Gasteiger partial charge in [0.25, 0.3) is 0 Å². The highest BCUT2D eigenvalue weighted by Crippen LogP contribution is 2.35. The lowest BCUT2D eigenvalue weighted by atomic mass is 9.89. The Balaban J connectivity index is 1.51. The zero-order valence-corrected chi connectivity index (χ0v) is 53.9. The Bertz CT molecular complexity index is 2710. The van der Waals surface area contributed by atoms with Crippen molar-refractivity contribution in [2.75, 3.05) is 42.0 Å². The number of benzene rings is 2. The van der Waals surface area contributed by atoms with E-state index in [0.29, 0.717) is 36.9 Å². The number of hydrogen-bond donors (Lipinski definition) is 3. The number of likely N-dealkylation sites (N-methyl/N-ethyl adjacent to an activating group) is 2. The Morgan fingerprint density at radius 2 is 1.41 bits per heavy atom. The molecule has 0 aliphatic carbocycles. The zero-order chi connectivity index (χ0) is 65.9. The summed E-state index contributed by atoms with van der Waals surface area (Å²) in [6.45, 7) is 19.3. The van der Waals surface area contributed by atoms with Gasteiger partial charge in [-0.15, -0.1) is 0 Å². The minimum Gasteiger partial charge on any atom is -0.467 e. The standard InChI is InChI=1S/C63H93N5O20/c1-18-30-82-46-31-44(87-62-57(86-41(12)71)55(85-40(11)70)54(84-39(10)69)56(88-62)61(77)81-17)28-27-43(46)33-83-63(78)67(14)50(35(5)6)59(75)65-49(34(3)4)60(76)66(13)51(36(7)19-2)47(79-15)32-48(72)68-29-23-26-45(68)53(80-16)37(8)58(74)64-38(9)52(73)42-24-21-20-22-25-42/h18,20-22,24-25,27-28,30-31,34-38,45,47,49-57,62,73H,19,23,26,29,32-33H2,1-17H3,(H,64,74)(H,65,75)/b30-18+/t36?,37?,38?,45?,47-,49+,50?,51?,52?,53?,54+,55?,56?,57-,62?/m1/s1.